The summed E-state index contributed by atoms with van der Waals surface area (Å²) < 4.78 is 37.5. The highest BCUT2D eigenvalue weighted by Gasteiger charge is 2.36. The van der Waals surface area contributed by atoms with Gasteiger partial charge in [-0.15, -0.1) is 11.3 Å². The molecule has 2 N–H and O–H groups in total. The van der Waals surface area contributed by atoms with Gasteiger partial charge in [0.1, 0.15) is 5.69 Å². The van der Waals surface area contributed by atoms with Gasteiger partial charge in [0.2, 0.25) is 5.95 Å². The van der Waals surface area contributed by atoms with Crippen molar-refractivity contribution in [3.8, 4) is 10.6 Å². The lowest BCUT2D eigenvalue weighted by Gasteiger charge is -2.03. The molecule has 2 heterocycles. The van der Waals surface area contributed by atoms with Gasteiger partial charge in [0, 0.05) is 6.20 Å². The van der Waals surface area contributed by atoms with E-state index in [1.165, 1.54) is 6.92 Å². The predicted octanol–water partition coefficient (Wildman–Crippen LogP) is 2.42. The number of anilines is 1. The lowest BCUT2D eigenvalue weighted by Crippen LogP contribution is -2.04. The maximum atomic E-state index is 12.5. The van der Waals surface area contributed by atoms with E-state index in [-0.39, 0.29) is 33.6 Å². The summed E-state index contributed by atoms with van der Waals surface area (Å²) in [5, 5.41) is 9.86. The fourth-order valence-corrected chi connectivity index (χ4v) is 2.27. The molecule has 0 saturated heterocycles. The Labute approximate surface area is 113 Å². The second kappa shape index (κ2) is 4.67. The van der Waals surface area contributed by atoms with Gasteiger partial charge in [-0.05, 0) is 6.92 Å². The van der Waals surface area contributed by atoms with Crippen LogP contribution in [0.4, 0.5) is 24.8 Å². The van der Waals surface area contributed by atoms with Gasteiger partial charge in [0.05, 0.1) is 9.80 Å². The summed E-state index contributed by atoms with van der Waals surface area (Å²) in [4.78, 5) is 20.6. The molecule has 0 spiro atoms. The minimum Gasteiger partial charge on any atom is -0.368 e. The van der Waals surface area contributed by atoms with Crippen molar-refractivity contribution in [3.63, 3.8) is 0 Å². The van der Waals surface area contributed by atoms with E-state index >= 15 is 0 Å². The molecule has 0 atom stereocenters. The van der Waals surface area contributed by atoms with E-state index in [2.05, 4.69) is 15.0 Å². The number of aromatic nitrogens is 3. The van der Waals surface area contributed by atoms with E-state index in [0.717, 1.165) is 6.20 Å². The Morgan fingerprint density at radius 2 is 2.05 bits per heavy atom. The molecule has 0 bridgehead atoms. The summed E-state index contributed by atoms with van der Waals surface area (Å²) >= 11 is 0.256. The monoisotopic (exact) mass is 305 g/mol. The zero-order chi connectivity index (χ0) is 15.1. The fourth-order valence-electron chi connectivity index (χ4n) is 1.49. The fraction of sp³-hybridized carbons (Fsp3) is 0.222. The van der Waals surface area contributed by atoms with Crippen molar-refractivity contribution in [3.05, 3.63) is 27.0 Å². The molecule has 0 saturated carbocycles. The SMILES string of the molecule is Cc1nc(N)nc(-c2cnc(C(F)(F)F)s2)c1[N+](=O)[O-]. The van der Waals surface area contributed by atoms with Crippen LogP contribution in [0.5, 0.6) is 0 Å². The van der Waals surface area contributed by atoms with Gasteiger partial charge in [-0.2, -0.15) is 13.2 Å². The van der Waals surface area contributed by atoms with Crippen molar-refractivity contribution >= 4 is 23.0 Å². The number of nitro groups is 1. The van der Waals surface area contributed by atoms with E-state index < -0.39 is 21.8 Å². The summed E-state index contributed by atoms with van der Waals surface area (Å²) in [6.07, 6.45) is -3.74. The van der Waals surface area contributed by atoms with Crippen LogP contribution in [0.15, 0.2) is 6.20 Å². The van der Waals surface area contributed by atoms with E-state index in [1.807, 2.05) is 0 Å². The van der Waals surface area contributed by atoms with Crippen LogP contribution in [0.1, 0.15) is 10.7 Å². The molecule has 20 heavy (non-hydrogen) atoms. The van der Waals surface area contributed by atoms with Crippen LogP contribution in [0, 0.1) is 17.0 Å². The van der Waals surface area contributed by atoms with Crippen LogP contribution in [0.25, 0.3) is 10.6 Å². The molecule has 0 aliphatic carbocycles. The molecule has 0 amide bonds. The number of alkyl halides is 3. The molecule has 0 aromatic carbocycles. The first-order chi connectivity index (χ1) is 9.20. The standard InChI is InChI=1S/C9H6F3N5O2S/c1-3-6(17(18)19)5(16-8(13)15-3)4-2-14-7(20-4)9(10,11)12/h2H,1H3,(H2,13,15,16). The van der Waals surface area contributed by atoms with Gasteiger partial charge in [0.25, 0.3) is 0 Å². The Morgan fingerprint density at radius 3 is 2.55 bits per heavy atom. The highest BCUT2D eigenvalue weighted by molar-refractivity contribution is 7.15. The number of halogens is 3. The molecule has 0 aliphatic rings. The first-order valence-electron chi connectivity index (χ1n) is 5.02. The smallest absolute Gasteiger partial charge is 0.368 e. The minimum atomic E-state index is -4.62. The molecule has 2 aromatic rings. The predicted molar refractivity (Wildman–Crippen MR) is 63.9 cm³/mol. The summed E-state index contributed by atoms with van der Waals surface area (Å²) in [5.41, 5.74) is 4.59. The second-order valence-corrected chi connectivity index (χ2v) is 4.68. The second-order valence-electron chi connectivity index (χ2n) is 3.65. The normalized spacial score (nSPS) is 11.6. The number of rotatable bonds is 2. The number of nitrogens with zero attached hydrogens (tertiary/aromatic N) is 4. The van der Waals surface area contributed by atoms with Crippen LogP contribution < -0.4 is 5.73 Å². The third-order valence-corrected chi connectivity index (χ3v) is 3.29. The lowest BCUT2D eigenvalue weighted by atomic mass is 10.2. The average Bonchev–Trinajstić information content (AvgIpc) is 2.75. The quantitative estimate of drug-likeness (QED) is 0.674. The van der Waals surface area contributed by atoms with Gasteiger partial charge in [0.15, 0.2) is 10.7 Å². The zero-order valence-corrected chi connectivity index (χ0v) is 10.6. The molecule has 2 rings (SSSR count). The van der Waals surface area contributed by atoms with Gasteiger partial charge < -0.3 is 5.73 Å². The molecule has 0 fully saturated rings. The van der Waals surface area contributed by atoms with Gasteiger partial charge >= 0.3 is 11.9 Å². The van der Waals surface area contributed by atoms with E-state index in [9.17, 15) is 23.3 Å². The van der Waals surface area contributed by atoms with Crippen molar-refractivity contribution < 1.29 is 18.1 Å². The average molecular weight is 305 g/mol. The topological polar surface area (TPSA) is 108 Å². The van der Waals surface area contributed by atoms with Crippen LogP contribution in [0.2, 0.25) is 0 Å². The van der Waals surface area contributed by atoms with Crippen molar-refractivity contribution in [1.29, 1.82) is 0 Å². The van der Waals surface area contributed by atoms with E-state index in [0.29, 0.717) is 0 Å². The lowest BCUT2D eigenvalue weighted by molar-refractivity contribution is -0.385. The number of thiazole rings is 1. The highest BCUT2D eigenvalue weighted by atomic mass is 32.1. The largest absolute Gasteiger partial charge is 0.443 e. The van der Waals surface area contributed by atoms with Gasteiger partial charge in [-0.25, -0.2) is 15.0 Å². The van der Waals surface area contributed by atoms with Gasteiger partial charge in [-0.3, -0.25) is 10.1 Å². The van der Waals surface area contributed by atoms with Crippen LogP contribution in [0.3, 0.4) is 0 Å². The molecule has 0 unspecified atom stereocenters. The molecule has 7 nitrogen and oxygen atoms in total. The Bertz CT molecular complexity index is 685. The molecule has 106 valence electrons. The number of aryl methyl sites for hydroxylation is 1. The van der Waals surface area contributed by atoms with Crippen molar-refractivity contribution in [2.24, 2.45) is 0 Å². The van der Waals surface area contributed by atoms with Crippen LogP contribution in [-0.2, 0) is 6.18 Å². The summed E-state index contributed by atoms with van der Waals surface area (Å²) in [7, 11) is 0. The van der Waals surface area contributed by atoms with E-state index in [4.69, 9.17) is 5.73 Å². The third-order valence-electron chi connectivity index (χ3n) is 2.24. The van der Waals surface area contributed by atoms with E-state index in [1.54, 1.807) is 0 Å². The molecular formula is C9H6F3N5O2S. The Balaban J connectivity index is 2.63. The van der Waals surface area contributed by atoms with Crippen molar-refractivity contribution in [2.45, 2.75) is 13.1 Å². The molecule has 2 aromatic heterocycles. The number of hydrogen-bond acceptors (Lipinski definition) is 7. The Hall–Kier alpha value is -2.30. The van der Waals surface area contributed by atoms with Gasteiger partial charge in [-0.1, -0.05) is 0 Å². The summed E-state index contributed by atoms with van der Waals surface area (Å²) in [5.74, 6) is -0.259. The van der Waals surface area contributed by atoms with Crippen molar-refractivity contribution in [1.82, 2.24) is 15.0 Å². The number of nitrogens with two attached hydrogens (primary N) is 1. The van der Waals surface area contributed by atoms with Crippen molar-refractivity contribution in [2.75, 3.05) is 5.73 Å². The third kappa shape index (κ3) is 2.52. The zero-order valence-electron chi connectivity index (χ0n) is 9.80. The number of nitrogen functional groups attached to an aromatic ring is 1. The summed E-state index contributed by atoms with van der Waals surface area (Å²) in [6, 6.07) is 0. The molecule has 11 heteroatoms. The summed E-state index contributed by atoms with van der Waals surface area (Å²) in [6.45, 7) is 1.32. The molecule has 0 aliphatic heterocycles. The first kappa shape index (κ1) is 14.1. The molecule has 0 radical (unpaired) electrons. The van der Waals surface area contributed by atoms with Crippen LogP contribution in [-0.4, -0.2) is 19.9 Å². The molecular weight excluding hydrogens is 299 g/mol. The minimum absolute atomic E-state index is 0.0283. The van der Waals surface area contributed by atoms with Crippen LogP contribution >= 0.6 is 11.3 Å². The highest BCUT2D eigenvalue weighted by Crippen LogP contribution is 2.39. The first-order valence-corrected chi connectivity index (χ1v) is 5.83. The number of hydrogen-bond donors (Lipinski definition) is 1. The Kier molecular flexibility index (Phi) is 3.29. The maximum Gasteiger partial charge on any atom is 0.443 e. The Morgan fingerprint density at radius 1 is 1.40 bits per heavy atom. The maximum absolute atomic E-state index is 12.5.